The third kappa shape index (κ3) is 23.3. The summed E-state index contributed by atoms with van der Waals surface area (Å²) in [6.07, 6.45) is 11.4. The molecule has 5 unspecified atom stereocenters. The number of ether oxygens (including phenoxy) is 3. The lowest BCUT2D eigenvalue weighted by Gasteiger charge is -2.47. The summed E-state index contributed by atoms with van der Waals surface area (Å²) in [6, 6.07) is 91.3. The third-order valence-electron chi connectivity index (χ3n) is 27.8. The Morgan fingerprint density at radius 2 is 1.03 bits per heavy atom. The Labute approximate surface area is 736 Å². The van der Waals surface area contributed by atoms with Crippen molar-refractivity contribution in [1.29, 1.82) is 0 Å². The first-order chi connectivity index (χ1) is 58.9. The van der Waals surface area contributed by atoms with Crippen LogP contribution >= 0.6 is 0 Å². The number of nitrogens with two attached hydrogens (primary N) is 1. The van der Waals surface area contributed by atoms with E-state index in [9.17, 15) is 24.6 Å². The highest BCUT2D eigenvalue weighted by Crippen LogP contribution is 2.49. The summed E-state index contributed by atoms with van der Waals surface area (Å²) in [5, 5.41) is 22.1. The van der Waals surface area contributed by atoms with Gasteiger partial charge in [-0.25, -0.2) is 4.79 Å². The van der Waals surface area contributed by atoms with Crippen molar-refractivity contribution in [2.75, 3.05) is 74.6 Å². The number of nitrogens with zero attached hydrogens (tertiary/aromatic N) is 6. The largest absolute Gasteiger partial charge is 0.508 e. The first-order valence-corrected chi connectivity index (χ1v) is 45.1. The molecular formula is C108H142N7O8+3. The Balaban J connectivity index is 0.000000162. The average molecular weight is 1670 g/mol. The summed E-state index contributed by atoms with van der Waals surface area (Å²) < 4.78 is 21.0. The van der Waals surface area contributed by atoms with E-state index in [4.69, 9.17) is 19.9 Å². The number of benzene rings is 9. The molecule has 14 rings (SSSR count). The minimum Gasteiger partial charge on any atom is -0.508 e. The maximum Gasteiger partial charge on any atom is 0.347 e. The topological polar surface area (TPSA) is 165 Å². The Kier molecular flexibility index (Phi) is 34.0. The van der Waals surface area contributed by atoms with Crippen molar-refractivity contribution in [3.63, 3.8) is 0 Å². The summed E-state index contributed by atoms with van der Waals surface area (Å²) in [7, 11) is 10.9. The molecule has 3 fully saturated rings. The van der Waals surface area contributed by atoms with E-state index < -0.39 is 22.9 Å². The summed E-state index contributed by atoms with van der Waals surface area (Å²) >= 11 is 0. The molecule has 15 nitrogen and oxygen atoms in total. The number of hydrogen-bond acceptors (Lipinski definition) is 11. The lowest BCUT2D eigenvalue weighted by molar-refractivity contribution is -0.956. The monoisotopic (exact) mass is 1670 g/mol. The van der Waals surface area contributed by atoms with Crippen LogP contribution in [0, 0.1) is 6.92 Å². The highest BCUT2D eigenvalue weighted by atomic mass is 16.6. The highest BCUT2D eigenvalue weighted by molar-refractivity contribution is 5.90. The number of carbonyl (C=O) groups excluding carboxylic acids is 3. The van der Waals surface area contributed by atoms with E-state index in [1.54, 1.807) is 30.5 Å². The number of pyridine rings is 1. The van der Waals surface area contributed by atoms with Crippen LogP contribution in [-0.4, -0.2) is 185 Å². The van der Waals surface area contributed by atoms with E-state index in [1.807, 2.05) is 166 Å². The van der Waals surface area contributed by atoms with Gasteiger partial charge in [0, 0.05) is 97.8 Å². The number of hydrogen-bond donors (Lipinski definition) is 3. The second-order valence-electron chi connectivity index (χ2n) is 36.8. The number of rotatable bonds is 29. The number of likely N-dealkylation sites (N-methyl/N-ethyl adjacent to an activating group) is 1. The van der Waals surface area contributed by atoms with Gasteiger partial charge < -0.3 is 48.5 Å². The number of fused-ring (bicyclic) bond motifs is 2. The minimum atomic E-state index is -1.78. The number of phenolic OH excluding ortho intramolecular Hbond substituents is 1. The normalized spacial score (nSPS) is 17.2. The molecule has 15 heteroatoms. The van der Waals surface area contributed by atoms with Crippen molar-refractivity contribution < 1.29 is 52.3 Å². The fourth-order valence-electron chi connectivity index (χ4n) is 19.0. The van der Waals surface area contributed by atoms with E-state index in [1.165, 1.54) is 71.9 Å². The zero-order valence-electron chi connectivity index (χ0n) is 76.6. The quantitative estimate of drug-likeness (QED) is 0.0302. The van der Waals surface area contributed by atoms with Crippen molar-refractivity contribution in [3.05, 3.63) is 334 Å². The molecule has 1 spiro atoms. The van der Waals surface area contributed by atoms with Crippen LogP contribution in [0.1, 0.15) is 213 Å². The Morgan fingerprint density at radius 3 is 1.47 bits per heavy atom. The molecule has 654 valence electrons. The van der Waals surface area contributed by atoms with E-state index in [-0.39, 0.29) is 29.9 Å². The lowest BCUT2D eigenvalue weighted by atomic mass is 9.72. The van der Waals surface area contributed by atoms with Crippen molar-refractivity contribution in [1.82, 2.24) is 14.8 Å². The van der Waals surface area contributed by atoms with Gasteiger partial charge in [-0.2, -0.15) is 0 Å². The van der Waals surface area contributed by atoms with Crippen LogP contribution in [0.5, 0.6) is 17.2 Å². The molecule has 0 aliphatic carbocycles. The number of amides is 1. The molecule has 0 radical (unpaired) electrons. The van der Waals surface area contributed by atoms with Crippen LogP contribution in [0.2, 0.25) is 0 Å². The molecule has 123 heavy (non-hydrogen) atoms. The number of aliphatic hydroxyl groups is 1. The van der Waals surface area contributed by atoms with Crippen LogP contribution in [-0.2, 0) is 34.9 Å². The van der Waals surface area contributed by atoms with Gasteiger partial charge in [0.15, 0.2) is 0 Å². The first kappa shape index (κ1) is 95.1. The molecule has 3 saturated heterocycles. The van der Waals surface area contributed by atoms with E-state index in [2.05, 4.69) is 210 Å². The molecule has 4 aliphatic heterocycles. The van der Waals surface area contributed by atoms with Crippen LogP contribution in [0.4, 0.5) is 0 Å². The predicted molar refractivity (Wildman–Crippen MR) is 501 cm³/mol. The summed E-state index contributed by atoms with van der Waals surface area (Å²) in [4.78, 5) is 48.1. The highest BCUT2D eigenvalue weighted by Gasteiger charge is 2.57. The number of aromatic nitrogens is 1. The Hall–Kier alpha value is -10.1. The van der Waals surface area contributed by atoms with Gasteiger partial charge in [0.1, 0.15) is 47.8 Å². The predicted octanol–water partition coefficient (Wildman–Crippen LogP) is 20.7. The SMILES string of the molecule is CC(C)[N+](C)(CCOC(=O)C1c2ccccc2Oc2ccccc21)C(C)C.CC(CC(C(N)=O)(c1ccccc1)c1ccccn1)N(C)C.CC[N+](C)(C)C(C)CC(c1ccccc1)c1ccccc1.Cc1ccc(O)c([C@H](CCN(C(C)C)C(C)C)c2ccccc2)c1.O=C(OC1CC2CCC(C1)[N+]21CCCC1)C(O)(c1ccccc1)c1ccccc1. The number of para-hydroxylation sites is 2. The number of phenols is 1. The van der Waals surface area contributed by atoms with Crippen LogP contribution < -0.4 is 10.5 Å². The number of aryl methyl sites for hydroxylation is 1. The number of piperidine rings is 1. The molecule has 9 aromatic carbocycles. The second-order valence-corrected chi connectivity index (χ2v) is 36.8. The molecule has 10 aromatic rings. The summed E-state index contributed by atoms with van der Waals surface area (Å²) in [5.74, 6) is 0.972. The van der Waals surface area contributed by atoms with Gasteiger partial charge in [-0.3, -0.25) is 19.5 Å². The van der Waals surface area contributed by atoms with Crippen molar-refractivity contribution in [2.45, 2.75) is 224 Å². The number of aromatic hydroxyl groups is 1. The minimum absolute atomic E-state index is 0.0942. The Morgan fingerprint density at radius 1 is 0.585 bits per heavy atom. The van der Waals surface area contributed by atoms with Gasteiger partial charge in [-0.05, 0) is 180 Å². The first-order valence-electron chi connectivity index (χ1n) is 45.1. The maximum absolute atomic E-state index is 13.4. The van der Waals surface area contributed by atoms with Gasteiger partial charge in [-0.15, -0.1) is 0 Å². The molecule has 1 amide bonds. The van der Waals surface area contributed by atoms with Crippen molar-refractivity contribution >= 4 is 17.8 Å². The van der Waals surface area contributed by atoms with Crippen molar-refractivity contribution in [3.8, 4) is 17.2 Å². The van der Waals surface area contributed by atoms with Crippen LogP contribution in [0.3, 0.4) is 0 Å². The third-order valence-corrected chi connectivity index (χ3v) is 27.8. The zero-order chi connectivity index (χ0) is 88.7. The number of primary amides is 1. The molecule has 2 bridgehead atoms. The number of quaternary nitrogens is 3. The molecule has 0 saturated carbocycles. The molecule has 4 aliphatic rings. The maximum atomic E-state index is 13.4. The number of esters is 2. The number of carbonyl (C=O) groups is 3. The smallest absolute Gasteiger partial charge is 0.347 e. The molecule has 5 heterocycles. The van der Waals surface area contributed by atoms with Gasteiger partial charge >= 0.3 is 11.9 Å². The van der Waals surface area contributed by atoms with Gasteiger partial charge in [0.25, 0.3) is 0 Å². The van der Waals surface area contributed by atoms with E-state index in [0.717, 1.165) is 81.6 Å². The van der Waals surface area contributed by atoms with Crippen molar-refractivity contribution in [2.24, 2.45) is 5.73 Å². The molecule has 6 atom stereocenters. The fourth-order valence-corrected chi connectivity index (χ4v) is 19.0. The zero-order valence-corrected chi connectivity index (χ0v) is 76.6. The van der Waals surface area contributed by atoms with Crippen LogP contribution in [0.15, 0.2) is 273 Å². The van der Waals surface area contributed by atoms with Gasteiger partial charge in [-0.1, -0.05) is 242 Å². The second kappa shape index (κ2) is 44.0. The molecule has 1 aromatic heterocycles. The summed E-state index contributed by atoms with van der Waals surface area (Å²) in [6.45, 7) is 32.7. The van der Waals surface area contributed by atoms with Gasteiger partial charge in [0.2, 0.25) is 11.5 Å². The van der Waals surface area contributed by atoms with E-state index in [0.29, 0.717) is 83.8 Å². The average Bonchev–Trinajstić information content (AvgIpc) is 1.43. The summed E-state index contributed by atoms with van der Waals surface area (Å²) in [5.41, 5.74) is 13.9. The van der Waals surface area contributed by atoms with Gasteiger partial charge in [0.05, 0.1) is 76.7 Å². The standard InChI is InChI=1S/C25H30NO3.C23H30NO3.C22H31NO.C20H28N.C18H23N3O/c27-24(25(28,19-9-3-1-4-10-19)20-11-5-2-6-12-20)29-23-17-21-13-14-22(18-23)26(21)15-7-8-16-26;1-16(2)24(5,17(3)4)14-15-26-23(25)22-18-10-6-8-12-20(18)27-21-13-9-7-11-19(21)22;1-16(2)23(17(3)4)14-13-20(19-9-7-6-8-10-19)21-15-18(5)11-12-22(21)24;1-5-21(3,4)17(2)16-20(18-12-8-6-9-13-18)19-14-10-7-11-15-19;1-14(21(2)3)13-18(17(19)22,15-9-5-4-6-10-15)16-11-7-8-12-20-16/h1-6,9-12,21-23,28H,7-8,13-18H2;6-13,16-17,22H,14-15H2,1-5H3;6-12,15-17,20,24H,13-14H2,1-5H3;6-15,17,20H,5,16H2,1-4H3;4-12,14H,13H2,1-3H3,(H2,19,22)/q2*+1;;+1;/t;;20-;;/m..1../s1. The Bertz CT molecular complexity index is 4680. The fraction of sp³-hybridized carbons (Fsp3) is 0.426. The van der Waals surface area contributed by atoms with Crippen LogP contribution in [0.25, 0.3) is 0 Å². The molecule has 4 N–H and O–H groups in total. The lowest BCUT2D eigenvalue weighted by Crippen LogP contribution is -2.60. The van der Waals surface area contributed by atoms with E-state index >= 15 is 0 Å². The molecular weight excluding hydrogens is 1520 g/mol.